The zero-order valence-corrected chi connectivity index (χ0v) is 23.2. The number of carbonyl (C=O) groups excluding carboxylic acids is 2. The Kier molecular flexibility index (Phi) is 7.55. The molecule has 222 valence electrons. The van der Waals surface area contributed by atoms with E-state index in [9.17, 15) is 22.8 Å². The van der Waals surface area contributed by atoms with E-state index in [1.807, 2.05) is 18.2 Å². The SMILES string of the molecule is Nc1ccc(/C=C/C(=O)NCc2cc3cc(N4CC(C(=O)N5CCC(F)(F)CC5)C4)cc(-c4ccc(F)cc4)c3o2)cn1. The predicted molar refractivity (Wildman–Crippen MR) is 158 cm³/mol. The van der Waals surface area contributed by atoms with Crippen molar-refractivity contribution in [1.82, 2.24) is 15.2 Å². The summed E-state index contributed by atoms with van der Waals surface area (Å²) in [5.74, 6) is -2.80. The van der Waals surface area contributed by atoms with E-state index < -0.39 is 5.92 Å². The molecule has 4 heterocycles. The van der Waals surface area contributed by atoms with E-state index in [1.54, 1.807) is 41.4 Å². The highest BCUT2D eigenvalue weighted by Gasteiger charge is 2.40. The fraction of sp³-hybridized carbons (Fsp3) is 0.281. The van der Waals surface area contributed by atoms with Crippen LogP contribution < -0.4 is 16.0 Å². The lowest BCUT2D eigenvalue weighted by Crippen LogP contribution is -2.56. The van der Waals surface area contributed by atoms with E-state index in [4.69, 9.17) is 10.2 Å². The van der Waals surface area contributed by atoms with Gasteiger partial charge < -0.3 is 25.3 Å². The van der Waals surface area contributed by atoms with Crippen LogP contribution >= 0.6 is 0 Å². The number of anilines is 2. The van der Waals surface area contributed by atoms with Crippen molar-refractivity contribution in [3.63, 3.8) is 0 Å². The highest BCUT2D eigenvalue weighted by molar-refractivity contribution is 5.97. The average Bonchev–Trinajstić information content (AvgIpc) is 3.38. The smallest absolute Gasteiger partial charge is 0.251 e. The van der Waals surface area contributed by atoms with E-state index in [2.05, 4.69) is 15.2 Å². The summed E-state index contributed by atoms with van der Waals surface area (Å²) in [6.45, 7) is 1.23. The lowest BCUT2D eigenvalue weighted by Gasteiger charge is -2.43. The second kappa shape index (κ2) is 11.5. The quantitative estimate of drug-likeness (QED) is 0.286. The minimum atomic E-state index is -2.70. The van der Waals surface area contributed by atoms with Gasteiger partial charge in [-0.1, -0.05) is 12.1 Å². The number of fused-ring (bicyclic) bond motifs is 1. The fourth-order valence-electron chi connectivity index (χ4n) is 5.38. The Balaban J connectivity index is 1.18. The van der Waals surface area contributed by atoms with E-state index in [0.717, 1.165) is 27.8 Å². The summed E-state index contributed by atoms with van der Waals surface area (Å²) < 4.78 is 47.0. The van der Waals surface area contributed by atoms with E-state index in [0.29, 0.717) is 30.3 Å². The highest BCUT2D eigenvalue weighted by Crippen LogP contribution is 2.38. The summed E-state index contributed by atoms with van der Waals surface area (Å²) in [6.07, 6.45) is 4.00. The average molecular weight is 590 g/mol. The summed E-state index contributed by atoms with van der Waals surface area (Å²) in [6, 6.07) is 15.2. The zero-order chi connectivity index (χ0) is 30.1. The van der Waals surface area contributed by atoms with Gasteiger partial charge in [-0.2, -0.15) is 0 Å². The van der Waals surface area contributed by atoms with Crippen LogP contribution in [0.3, 0.4) is 0 Å². The number of piperidine rings is 1. The van der Waals surface area contributed by atoms with Crippen LogP contribution in [0.25, 0.3) is 28.2 Å². The minimum absolute atomic E-state index is 0.0751. The molecule has 2 amide bonds. The lowest BCUT2D eigenvalue weighted by molar-refractivity contribution is -0.142. The Morgan fingerprint density at radius 1 is 1.07 bits per heavy atom. The van der Waals surface area contributed by atoms with Crippen molar-refractivity contribution in [1.29, 1.82) is 0 Å². The minimum Gasteiger partial charge on any atom is -0.459 e. The van der Waals surface area contributed by atoms with Gasteiger partial charge in [0.05, 0.1) is 12.5 Å². The Morgan fingerprint density at radius 2 is 1.81 bits per heavy atom. The molecular weight excluding hydrogens is 559 g/mol. The van der Waals surface area contributed by atoms with Crippen molar-refractivity contribution in [2.24, 2.45) is 5.92 Å². The number of likely N-dealkylation sites (tertiary alicyclic amines) is 1. The molecule has 0 spiro atoms. The molecule has 3 N–H and O–H groups in total. The Labute approximate surface area is 246 Å². The molecule has 0 bridgehead atoms. The number of furan rings is 1. The third kappa shape index (κ3) is 6.35. The van der Waals surface area contributed by atoms with Gasteiger partial charge in [0.15, 0.2) is 0 Å². The van der Waals surface area contributed by atoms with E-state index in [1.165, 1.54) is 18.2 Å². The molecule has 2 fully saturated rings. The van der Waals surface area contributed by atoms with Crippen LogP contribution in [-0.2, 0) is 16.1 Å². The third-order valence-corrected chi connectivity index (χ3v) is 7.88. The molecule has 2 aromatic heterocycles. The number of nitrogen functional groups attached to an aromatic ring is 1. The van der Waals surface area contributed by atoms with Crippen LogP contribution in [0.2, 0.25) is 0 Å². The Bertz CT molecular complexity index is 1670. The number of aromatic nitrogens is 1. The molecule has 2 aliphatic rings. The number of nitrogens with zero attached hydrogens (tertiary/aromatic N) is 3. The monoisotopic (exact) mass is 589 g/mol. The topological polar surface area (TPSA) is 105 Å². The first kappa shape index (κ1) is 28.3. The van der Waals surface area contributed by atoms with E-state index in [-0.39, 0.29) is 56.0 Å². The van der Waals surface area contributed by atoms with Crippen molar-refractivity contribution < 1.29 is 27.2 Å². The Hall–Kier alpha value is -4.80. The highest BCUT2D eigenvalue weighted by atomic mass is 19.3. The summed E-state index contributed by atoms with van der Waals surface area (Å²) in [7, 11) is 0. The second-order valence-corrected chi connectivity index (χ2v) is 11.0. The maximum atomic E-state index is 13.7. The van der Waals surface area contributed by atoms with Crippen molar-refractivity contribution in [2.75, 3.05) is 36.8 Å². The molecule has 4 aromatic rings. The molecule has 6 rings (SSSR count). The molecule has 2 saturated heterocycles. The summed E-state index contributed by atoms with van der Waals surface area (Å²) in [4.78, 5) is 32.9. The molecule has 0 aliphatic carbocycles. The van der Waals surface area contributed by atoms with E-state index >= 15 is 0 Å². The van der Waals surface area contributed by atoms with Gasteiger partial charge in [0, 0.05) is 67.9 Å². The van der Waals surface area contributed by atoms with Gasteiger partial charge >= 0.3 is 0 Å². The van der Waals surface area contributed by atoms with Gasteiger partial charge in [-0.15, -0.1) is 0 Å². The van der Waals surface area contributed by atoms with Crippen LogP contribution in [0, 0.1) is 11.7 Å². The second-order valence-electron chi connectivity index (χ2n) is 11.0. The maximum absolute atomic E-state index is 13.7. The number of halogens is 3. The van der Waals surface area contributed by atoms with Gasteiger partial charge in [-0.05, 0) is 59.7 Å². The molecular formula is C32H30F3N5O3. The molecule has 8 nitrogen and oxygen atoms in total. The fourth-order valence-corrected chi connectivity index (χ4v) is 5.38. The van der Waals surface area contributed by atoms with Gasteiger partial charge in [0.1, 0.15) is 23.0 Å². The standard InChI is InChI=1S/C32H30F3N5O3/c33-24-5-3-21(4-6-24)27-15-25(40-18-23(19-40)31(42)39-11-9-32(34,35)10-12-39)13-22-14-26(43-30(22)27)17-38-29(41)8-2-20-1-7-28(36)37-16-20/h1-8,13-16,23H,9-12,17-19H2,(H2,36,37)(H,38,41)/b8-2+. The number of hydrogen-bond acceptors (Lipinski definition) is 6. The molecule has 43 heavy (non-hydrogen) atoms. The maximum Gasteiger partial charge on any atom is 0.251 e. The summed E-state index contributed by atoms with van der Waals surface area (Å²) in [5, 5.41) is 3.60. The number of nitrogens with two attached hydrogens (primary N) is 1. The molecule has 2 aromatic carbocycles. The van der Waals surface area contributed by atoms with Gasteiger partial charge in [-0.25, -0.2) is 18.2 Å². The van der Waals surface area contributed by atoms with Crippen LogP contribution in [0.4, 0.5) is 24.7 Å². The van der Waals surface area contributed by atoms with Crippen LogP contribution in [0.1, 0.15) is 24.2 Å². The molecule has 0 saturated carbocycles. The first-order valence-corrected chi connectivity index (χ1v) is 14.0. The Morgan fingerprint density at radius 3 is 2.51 bits per heavy atom. The number of pyridine rings is 1. The number of alkyl halides is 2. The van der Waals surface area contributed by atoms with Crippen LogP contribution in [-0.4, -0.2) is 53.8 Å². The van der Waals surface area contributed by atoms with Crippen LogP contribution in [0.5, 0.6) is 0 Å². The molecule has 2 aliphatic heterocycles. The number of nitrogens with one attached hydrogen (secondary N) is 1. The van der Waals surface area contributed by atoms with Crippen molar-refractivity contribution in [3.8, 4) is 11.1 Å². The number of amides is 2. The largest absolute Gasteiger partial charge is 0.459 e. The number of benzene rings is 2. The summed E-state index contributed by atoms with van der Waals surface area (Å²) >= 11 is 0. The van der Waals surface area contributed by atoms with Gasteiger partial charge in [0.2, 0.25) is 11.8 Å². The normalized spacial score (nSPS) is 16.9. The molecule has 0 radical (unpaired) electrons. The lowest BCUT2D eigenvalue weighted by atomic mass is 9.94. The number of rotatable bonds is 7. The van der Waals surface area contributed by atoms with Gasteiger partial charge in [-0.3, -0.25) is 9.59 Å². The zero-order valence-electron chi connectivity index (χ0n) is 23.2. The predicted octanol–water partition coefficient (Wildman–Crippen LogP) is 5.24. The van der Waals surface area contributed by atoms with Crippen molar-refractivity contribution in [3.05, 3.63) is 84.0 Å². The molecule has 0 atom stereocenters. The van der Waals surface area contributed by atoms with Crippen LogP contribution in [0.15, 0.2) is 71.3 Å². The summed E-state index contributed by atoms with van der Waals surface area (Å²) in [5.41, 5.74) is 9.27. The molecule has 11 heteroatoms. The first-order chi connectivity index (χ1) is 20.6. The number of carbonyl (C=O) groups is 2. The van der Waals surface area contributed by atoms with Crippen molar-refractivity contribution >= 4 is 40.4 Å². The third-order valence-electron chi connectivity index (χ3n) is 7.88. The molecule has 0 unspecified atom stereocenters. The first-order valence-electron chi connectivity index (χ1n) is 14.0. The van der Waals surface area contributed by atoms with Crippen molar-refractivity contribution in [2.45, 2.75) is 25.3 Å². The van der Waals surface area contributed by atoms with Gasteiger partial charge in [0.25, 0.3) is 5.92 Å². The number of hydrogen-bond donors (Lipinski definition) is 2.